The summed E-state index contributed by atoms with van der Waals surface area (Å²) in [7, 11) is 0. The fourth-order valence-corrected chi connectivity index (χ4v) is 1.36. The first-order valence-corrected chi connectivity index (χ1v) is 4.66. The molecule has 0 aliphatic heterocycles. The van der Waals surface area contributed by atoms with E-state index in [4.69, 9.17) is 4.42 Å². The van der Waals surface area contributed by atoms with E-state index in [0.29, 0.717) is 5.56 Å². The number of halogens is 2. The van der Waals surface area contributed by atoms with Gasteiger partial charge in [0, 0.05) is 12.5 Å². The zero-order chi connectivity index (χ0) is 11.5. The molecule has 0 N–H and O–H groups in total. The quantitative estimate of drug-likeness (QED) is 0.747. The normalized spacial score (nSPS) is 10.4. The molecule has 0 saturated carbocycles. The molecule has 1 heterocycles. The largest absolute Gasteiger partial charge is 0.472 e. The maximum absolute atomic E-state index is 13.2. The first-order valence-electron chi connectivity index (χ1n) is 4.66. The van der Waals surface area contributed by atoms with Crippen LogP contribution >= 0.6 is 0 Å². The van der Waals surface area contributed by atoms with Crippen LogP contribution in [0.25, 0.3) is 0 Å². The molecule has 0 radical (unpaired) electrons. The summed E-state index contributed by atoms with van der Waals surface area (Å²) in [6.45, 7) is 0. The molecule has 0 spiro atoms. The van der Waals surface area contributed by atoms with Crippen LogP contribution in [0, 0.1) is 11.6 Å². The average Bonchev–Trinajstić information content (AvgIpc) is 2.75. The Balaban J connectivity index is 2.18. The van der Waals surface area contributed by atoms with Gasteiger partial charge in [-0.15, -0.1) is 0 Å². The number of ketones is 1. The number of carbonyl (C=O) groups is 1. The molecule has 4 heteroatoms. The Hall–Kier alpha value is -1.97. The highest BCUT2D eigenvalue weighted by Crippen LogP contribution is 2.13. The van der Waals surface area contributed by atoms with Crippen LogP contribution in [0.4, 0.5) is 8.78 Å². The fourth-order valence-electron chi connectivity index (χ4n) is 1.36. The zero-order valence-electron chi connectivity index (χ0n) is 8.24. The lowest BCUT2D eigenvalue weighted by Crippen LogP contribution is -2.04. The minimum Gasteiger partial charge on any atom is -0.472 e. The molecule has 2 rings (SSSR count). The number of carbonyl (C=O) groups excluding carboxylic acids is 1. The molecule has 82 valence electrons. The van der Waals surface area contributed by atoms with Gasteiger partial charge in [0.05, 0.1) is 11.8 Å². The summed E-state index contributed by atoms with van der Waals surface area (Å²) in [6, 6.07) is 4.66. The standard InChI is InChI=1S/C12H8F2O2/c13-10-2-1-8(11(14)6-10)5-12(15)9-3-4-16-7-9/h1-4,6-7H,5H2. The number of furan rings is 1. The van der Waals surface area contributed by atoms with E-state index in [1.807, 2.05) is 0 Å². The molecule has 0 atom stereocenters. The van der Waals surface area contributed by atoms with Gasteiger partial charge in [0.25, 0.3) is 0 Å². The van der Waals surface area contributed by atoms with Gasteiger partial charge in [-0.25, -0.2) is 8.78 Å². The molecule has 0 fully saturated rings. The predicted molar refractivity (Wildman–Crippen MR) is 53.1 cm³/mol. The lowest BCUT2D eigenvalue weighted by Gasteiger charge is -2.01. The maximum Gasteiger partial charge on any atom is 0.170 e. The second-order valence-corrected chi connectivity index (χ2v) is 3.35. The summed E-state index contributed by atoms with van der Waals surface area (Å²) in [4.78, 5) is 11.6. The van der Waals surface area contributed by atoms with Crippen molar-refractivity contribution in [3.8, 4) is 0 Å². The van der Waals surface area contributed by atoms with Crippen LogP contribution in [0.15, 0.2) is 41.2 Å². The number of Topliss-reactive ketones (excluding diaryl/α,β-unsaturated/α-hetero) is 1. The maximum atomic E-state index is 13.2. The Morgan fingerprint density at radius 2 is 2.06 bits per heavy atom. The third-order valence-electron chi connectivity index (χ3n) is 2.21. The molecule has 0 aliphatic carbocycles. The van der Waals surface area contributed by atoms with Crippen molar-refractivity contribution < 1.29 is 18.0 Å². The van der Waals surface area contributed by atoms with E-state index in [-0.39, 0.29) is 17.8 Å². The summed E-state index contributed by atoms with van der Waals surface area (Å²) in [5.74, 6) is -1.63. The van der Waals surface area contributed by atoms with E-state index in [0.717, 1.165) is 12.1 Å². The summed E-state index contributed by atoms with van der Waals surface area (Å²) in [5, 5.41) is 0. The Bertz CT molecular complexity index is 504. The van der Waals surface area contributed by atoms with Crippen molar-refractivity contribution >= 4 is 5.78 Å². The van der Waals surface area contributed by atoms with E-state index in [1.54, 1.807) is 0 Å². The van der Waals surface area contributed by atoms with E-state index < -0.39 is 11.6 Å². The van der Waals surface area contributed by atoms with Gasteiger partial charge < -0.3 is 4.42 Å². The number of benzene rings is 1. The van der Waals surface area contributed by atoms with Gasteiger partial charge in [0.15, 0.2) is 5.78 Å². The topological polar surface area (TPSA) is 30.2 Å². The van der Waals surface area contributed by atoms with Gasteiger partial charge in [0.2, 0.25) is 0 Å². The lowest BCUT2D eigenvalue weighted by atomic mass is 10.0. The van der Waals surface area contributed by atoms with Gasteiger partial charge in [-0.3, -0.25) is 4.79 Å². The Morgan fingerprint density at radius 3 is 2.69 bits per heavy atom. The van der Waals surface area contributed by atoms with Gasteiger partial charge in [-0.2, -0.15) is 0 Å². The van der Waals surface area contributed by atoms with Crippen molar-refractivity contribution in [2.45, 2.75) is 6.42 Å². The molecule has 0 aliphatic rings. The second kappa shape index (κ2) is 4.26. The van der Waals surface area contributed by atoms with Crippen LogP contribution in [0.5, 0.6) is 0 Å². The summed E-state index contributed by atoms with van der Waals surface area (Å²) in [6.07, 6.45) is 2.56. The van der Waals surface area contributed by atoms with Crippen LogP contribution in [-0.2, 0) is 6.42 Å². The highest BCUT2D eigenvalue weighted by atomic mass is 19.1. The first kappa shape index (κ1) is 10.5. The second-order valence-electron chi connectivity index (χ2n) is 3.35. The Labute approximate surface area is 90.5 Å². The third-order valence-corrected chi connectivity index (χ3v) is 2.21. The highest BCUT2D eigenvalue weighted by molar-refractivity contribution is 5.97. The zero-order valence-corrected chi connectivity index (χ0v) is 8.24. The molecule has 1 aromatic carbocycles. The summed E-state index contributed by atoms with van der Waals surface area (Å²) >= 11 is 0. The van der Waals surface area contributed by atoms with Crippen LogP contribution in [0.2, 0.25) is 0 Å². The van der Waals surface area contributed by atoms with E-state index in [1.165, 1.54) is 24.7 Å². The van der Waals surface area contributed by atoms with Gasteiger partial charge in [-0.05, 0) is 17.7 Å². The molecular weight excluding hydrogens is 214 g/mol. The molecule has 0 saturated heterocycles. The number of rotatable bonds is 3. The minimum atomic E-state index is -0.711. The third kappa shape index (κ3) is 2.16. The van der Waals surface area contributed by atoms with Crippen molar-refractivity contribution in [2.24, 2.45) is 0 Å². The Kier molecular flexibility index (Phi) is 2.81. The molecule has 0 unspecified atom stereocenters. The predicted octanol–water partition coefficient (Wildman–Crippen LogP) is 2.98. The molecule has 2 aromatic rings. The molecule has 16 heavy (non-hydrogen) atoms. The SMILES string of the molecule is O=C(Cc1ccc(F)cc1F)c1ccoc1. The number of hydrogen-bond acceptors (Lipinski definition) is 2. The van der Waals surface area contributed by atoms with Crippen LogP contribution < -0.4 is 0 Å². The van der Waals surface area contributed by atoms with E-state index in [9.17, 15) is 13.6 Å². The van der Waals surface area contributed by atoms with E-state index >= 15 is 0 Å². The summed E-state index contributed by atoms with van der Waals surface area (Å²) in [5.41, 5.74) is 0.552. The smallest absolute Gasteiger partial charge is 0.170 e. The van der Waals surface area contributed by atoms with Crippen molar-refractivity contribution in [1.29, 1.82) is 0 Å². The molecule has 1 aromatic heterocycles. The molecule has 2 nitrogen and oxygen atoms in total. The summed E-state index contributed by atoms with van der Waals surface area (Å²) < 4.78 is 30.6. The first-order chi connectivity index (χ1) is 7.66. The van der Waals surface area contributed by atoms with Crippen LogP contribution in [-0.4, -0.2) is 5.78 Å². The number of hydrogen-bond donors (Lipinski definition) is 0. The lowest BCUT2D eigenvalue weighted by molar-refractivity contribution is 0.0991. The average molecular weight is 222 g/mol. The minimum absolute atomic E-state index is 0.106. The van der Waals surface area contributed by atoms with Crippen LogP contribution in [0.3, 0.4) is 0 Å². The van der Waals surface area contributed by atoms with Gasteiger partial charge in [-0.1, -0.05) is 6.07 Å². The van der Waals surface area contributed by atoms with Crippen molar-refractivity contribution in [1.82, 2.24) is 0 Å². The van der Waals surface area contributed by atoms with Crippen molar-refractivity contribution in [2.75, 3.05) is 0 Å². The van der Waals surface area contributed by atoms with Crippen molar-refractivity contribution in [3.05, 3.63) is 59.6 Å². The van der Waals surface area contributed by atoms with E-state index in [2.05, 4.69) is 0 Å². The highest BCUT2D eigenvalue weighted by Gasteiger charge is 2.11. The van der Waals surface area contributed by atoms with Gasteiger partial charge in [0.1, 0.15) is 17.9 Å². The van der Waals surface area contributed by atoms with Gasteiger partial charge >= 0.3 is 0 Å². The fraction of sp³-hybridized carbons (Fsp3) is 0.0833. The molecule has 0 amide bonds. The molecule has 0 bridgehead atoms. The Morgan fingerprint density at radius 1 is 1.25 bits per heavy atom. The van der Waals surface area contributed by atoms with Crippen LogP contribution in [0.1, 0.15) is 15.9 Å². The van der Waals surface area contributed by atoms with Crippen molar-refractivity contribution in [3.63, 3.8) is 0 Å². The molecular formula is C12H8F2O2. The monoisotopic (exact) mass is 222 g/mol.